The summed E-state index contributed by atoms with van der Waals surface area (Å²) < 4.78 is 16.3. The first-order valence-electron chi connectivity index (χ1n) is 8.52. The normalized spacial score (nSPS) is 11.8. The van der Waals surface area contributed by atoms with E-state index in [9.17, 15) is 0 Å². The smallest absolute Gasteiger partial charge is 0.191 e. The van der Waals surface area contributed by atoms with Crippen LogP contribution in [0, 0.1) is 0 Å². The van der Waals surface area contributed by atoms with Gasteiger partial charge in [-0.3, -0.25) is 4.99 Å². The Bertz CT molecular complexity index is 708. The first-order chi connectivity index (χ1) is 12.6. The molecule has 0 saturated carbocycles. The minimum atomic E-state index is -0.0263. The quantitative estimate of drug-likeness (QED) is 0.341. The molecule has 1 atom stereocenters. The molecule has 0 aliphatic carbocycles. The molecule has 6 nitrogen and oxygen atoms in total. The van der Waals surface area contributed by atoms with Crippen molar-refractivity contribution in [1.82, 2.24) is 10.6 Å². The van der Waals surface area contributed by atoms with Gasteiger partial charge in [-0.25, -0.2) is 0 Å². The third-order valence-corrected chi connectivity index (χ3v) is 3.78. The van der Waals surface area contributed by atoms with Crippen molar-refractivity contribution in [3.05, 3.63) is 54.1 Å². The fraction of sp³-hybridized carbons (Fsp3) is 0.350. The molecule has 0 aromatic heterocycles. The van der Waals surface area contributed by atoms with Crippen molar-refractivity contribution in [1.29, 1.82) is 0 Å². The summed E-state index contributed by atoms with van der Waals surface area (Å²) in [6, 6.07) is 15.5. The maximum absolute atomic E-state index is 5.90. The predicted octanol–water partition coefficient (Wildman–Crippen LogP) is 3.45. The van der Waals surface area contributed by atoms with Crippen LogP contribution in [0.3, 0.4) is 0 Å². The fourth-order valence-corrected chi connectivity index (χ4v) is 2.34. The molecule has 2 rings (SSSR count). The number of hydrogen-bond donors (Lipinski definition) is 2. The Morgan fingerprint density at radius 3 is 2.26 bits per heavy atom. The van der Waals surface area contributed by atoms with Crippen LogP contribution in [0.1, 0.15) is 12.5 Å². The standard InChI is InChI=1S/C20H27N3O3.HI/c1-15(26-19-7-5-6-18(12-19)25-4)13-22-20(21-2)23-14-16-8-10-17(24-3)11-9-16;/h5-12,15H,13-14H2,1-4H3,(H2,21,22,23);1H. The van der Waals surface area contributed by atoms with Crippen molar-refractivity contribution in [2.24, 2.45) is 4.99 Å². The Morgan fingerprint density at radius 1 is 0.963 bits per heavy atom. The summed E-state index contributed by atoms with van der Waals surface area (Å²) in [6.45, 7) is 3.30. The van der Waals surface area contributed by atoms with Crippen LogP contribution in [0.2, 0.25) is 0 Å². The molecule has 0 radical (unpaired) electrons. The highest BCUT2D eigenvalue weighted by Gasteiger charge is 2.07. The summed E-state index contributed by atoms with van der Waals surface area (Å²) in [5.41, 5.74) is 1.15. The highest BCUT2D eigenvalue weighted by molar-refractivity contribution is 14.0. The van der Waals surface area contributed by atoms with Gasteiger partial charge >= 0.3 is 0 Å². The first-order valence-corrected chi connectivity index (χ1v) is 8.52. The maximum Gasteiger partial charge on any atom is 0.191 e. The van der Waals surface area contributed by atoms with Gasteiger partial charge in [-0.1, -0.05) is 18.2 Å². The van der Waals surface area contributed by atoms with Crippen LogP contribution >= 0.6 is 24.0 Å². The highest BCUT2D eigenvalue weighted by atomic mass is 127. The van der Waals surface area contributed by atoms with Crippen LogP contribution in [-0.2, 0) is 6.54 Å². The van der Waals surface area contributed by atoms with E-state index in [2.05, 4.69) is 15.6 Å². The minimum absolute atomic E-state index is 0. The molecule has 0 amide bonds. The molecule has 27 heavy (non-hydrogen) atoms. The van der Waals surface area contributed by atoms with E-state index in [1.807, 2.05) is 55.5 Å². The van der Waals surface area contributed by atoms with E-state index in [0.29, 0.717) is 13.1 Å². The Labute approximate surface area is 178 Å². The number of methoxy groups -OCH3 is 2. The number of rotatable bonds is 8. The second kappa shape index (κ2) is 12.3. The number of halogens is 1. The summed E-state index contributed by atoms with van der Waals surface area (Å²) in [5, 5.41) is 6.55. The summed E-state index contributed by atoms with van der Waals surface area (Å²) in [7, 11) is 5.05. The zero-order chi connectivity index (χ0) is 18.8. The number of aliphatic imine (C=N–C) groups is 1. The van der Waals surface area contributed by atoms with E-state index in [4.69, 9.17) is 14.2 Å². The van der Waals surface area contributed by atoms with Gasteiger partial charge in [0, 0.05) is 19.7 Å². The van der Waals surface area contributed by atoms with Gasteiger partial charge in [0.05, 0.1) is 20.8 Å². The molecule has 2 aromatic carbocycles. The van der Waals surface area contributed by atoms with Crippen molar-refractivity contribution >= 4 is 29.9 Å². The lowest BCUT2D eigenvalue weighted by molar-refractivity contribution is 0.223. The zero-order valence-electron chi connectivity index (χ0n) is 16.2. The highest BCUT2D eigenvalue weighted by Crippen LogP contribution is 2.19. The maximum atomic E-state index is 5.90. The van der Waals surface area contributed by atoms with Crippen molar-refractivity contribution in [2.45, 2.75) is 19.6 Å². The molecule has 0 aliphatic heterocycles. The molecule has 148 valence electrons. The van der Waals surface area contributed by atoms with E-state index >= 15 is 0 Å². The van der Waals surface area contributed by atoms with E-state index in [1.54, 1.807) is 21.3 Å². The van der Waals surface area contributed by atoms with E-state index in [1.165, 1.54) is 0 Å². The Balaban J connectivity index is 0.00000364. The summed E-state index contributed by atoms with van der Waals surface area (Å²) in [5.74, 6) is 3.13. The predicted molar refractivity (Wildman–Crippen MR) is 120 cm³/mol. The summed E-state index contributed by atoms with van der Waals surface area (Å²) >= 11 is 0. The van der Waals surface area contributed by atoms with Crippen molar-refractivity contribution < 1.29 is 14.2 Å². The Kier molecular flexibility index (Phi) is 10.4. The van der Waals surface area contributed by atoms with Crippen LogP contribution in [0.15, 0.2) is 53.5 Å². The monoisotopic (exact) mass is 485 g/mol. The Morgan fingerprint density at radius 2 is 1.63 bits per heavy atom. The topological polar surface area (TPSA) is 64.1 Å². The number of hydrogen-bond acceptors (Lipinski definition) is 4. The first kappa shape index (κ1) is 22.9. The molecule has 0 fully saturated rings. The van der Waals surface area contributed by atoms with Crippen LogP contribution < -0.4 is 24.8 Å². The molecule has 1 unspecified atom stereocenters. The minimum Gasteiger partial charge on any atom is -0.497 e. The number of ether oxygens (including phenoxy) is 3. The molecule has 0 bridgehead atoms. The van der Waals surface area contributed by atoms with Gasteiger partial charge in [0.2, 0.25) is 0 Å². The molecule has 2 N–H and O–H groups in total. The molecule has 7 heteroatoms. The summed E-state index contributed by atoms with van der Waals surface area (Å²) in [4.78, 5) is 4.24. The van der Waals surface area contributed by atoms with Gasteiger partial charge in [0.15, 0.2) is 5.96 Å². The molecular formula is C20H28IN3O3. The third kappa shape index (κ3) is 7.94. The lowest BCUT2D eigenvalue weighted by atomic mass is 10.2. The molecule has 0 saturated heterocycles. The number of nitrogens with zero attached hydrogens (tertiary/aromatic N) is 1. The van der Waals surface area contributed by atoms with Gasteiger partial charge in [-0.05, 0) is 36.8 Å². The fourth-order valence-electron chi connectivity index (χ4n) is 2.34. The number of guanidine groups is 1. The molecule has 0 heterocycles. The van der Waals surface area contributed by atoms with Crippen molar-refractivity contribution in [2.75, 3.05) is 27.8 Å². The van der Waals surface area contributed by atoms with Crippen LogP contribution in [0.4, 0.5) is 0 Å². The van der Waals surface area contributed by atoms with E-state index < -0.39 is 0 Å². The van der Waals surface area contributed by atoms with Gasteiger partial charge in [-0.2, -0.15) is 0 Å². The van der Waals surface area contributed by atoms with Crippen LogP contribution in [-0.4, -0.2) is 39.9 Å². The average molecular weight is 485 g/mol. The largest absolute Gasteiger partial charge is 0.497 e. The lowest BCUT2D eigenvalue weighted by Gasteiger charge is -2.18. The molecule has 2 aromatic rings. The van der Waals surface area contributed by atoms with E-state index in [-0.39, 0.29) is 30.1 Å². The Hall–Kier alpha value is -2.16. The second-order valence-corrected chi connectivity index (χ2v) is 5.76. The van der Waals surface area contributed by atoms with Gasteiger partial charge in [0.1, 0.15) is 23.4 Å². The van der Waals surface area contributed by atoms with E-state index in [0.717, 1.165) is 28.8 Å². The third-order valence-electron chi connectivity index (χ3n) is 3.78. The van der Waals surface area contributed by atoms with Crippen LogP contribution in [0.5, 0.6) is 17.2 Å². The van der Waals surface area contributed by atoms with Crippen LogP contribution in [0.25, 0.3) is 0 Å². The SMILES string of the molecule is CN=C(NCc1ccc(OC)cc1)NCC(C)Oc1cccc(OC)c1.I. The van der Waals surface area contributed by atoms with Gasteiger partial charge in [0.25, 0.3) is 0 Å². The average Bonchev–Trinajstić information content (AvgIpc) is 2.68. The number of nitrogens with one attached hydrogen (secondary N) is 2. The van der Waals surface area contributed by atoms with Crippen molar-refractivity contribution in [3.63, 3.8) is 0 Å². The molecular weight excluding hydrogens is 457 g/mol. The second-order valence-electron chi connectivity index (χ2n) is 5.76. The lowest BCUT2D eigenvalue weighted by Crippen LogP contribution is -2.41. The van der Waals surface area contributed by atoms with Crippen molar-refractivity contribution in [3.8, 4) is 17.2 Å². The zero-order valence-corrected chi connectivity index (χ0v) is 18.5. The van der Waals surface area contributed by atoms with Gasteiger partial charge < -0.3 is 24.8 Å². The van der Waals surface area contributed by atoms with Gasteiger partial charge in [-0.15, -0.1) is 24.0 Å². The number of benzene rings is 2. The summed E-state index contributed by atoms with van der Waals surface area (Å²) in [6.07, 6.45) is -0.0263. The molecule has 0 spiro atoms. The molecule has 0 aliphatic rings.